The fraction of sp³-hybridized carbons (Fsp3) is 0.619. The molecule has 10 heteroatoms. The van der Waals surface area contributed by atoms with E-state index in [4.69, 9.17) is 0 Å². The predicted octanol–water partition coefficient (Wildman–Crippen LogP) is 3.04. The molecule has 0 aliphatic carbocycles. The van der Waals surface area contributed by atoms with Crippen LogP contribution in [-0.2, 0) is 4.74 Å². The summed E-state index contributed by atoms with van der Waals surface area (Å²) < 4.78 is 40.7. The summed E-state index contributed by atoms with van der Waals surface area (Å²) in [6, 6.07) is 6.73. The van der Waals surface area contributed by atoms with E-state index in [-0.39, 0.29) is 18.5 Å². The molecule has 2 heterocycles. The van der Waals surface area contributed by atoms with Gasteiger partial charge in [0.05, 0.1) is 0 Å². The summed E-state index contributed by atoms with van der Waals surface area (Å²) in [5, 5.41) is 2.85. The number of benzene rings is 1. The molecule has 3 amide bonds. The smallest absolute Gasteiger partial charge is 0.372 e. The summed E-state index contributed by atoms with van der Waals surface area (Å²) in [4.78, 5) is 30.5. The van der Waals surface area contributed by atoms with Crippen LogP contribution >= 0.6 is 0 Å². The van der Waals surface area contributed by atoms with E-state index in [0.29, 0.717) is 50.4 Å². The Balaban J connectivity index is 1.35. The lowest BCUT2D eigenvalue weighted by Gasteiger charge is -2.34. The van der Waals surface area contributed by atoms with Gasteiger partial charge >= 0.3 is 12.2 Å². The Labute approximate surface area is 180 Å². The van der Waals surface area contributed by atoms with Crippen LogP contribution in [0.4, 0.5) is 23.7 Å². The minimum Gasteiger partial charge on any atom is -0.372 e. The number of nitrogens with one attached hydrogen (secondary N) is 1. The highest BCUT2D eigenvalue weighted by molar-refractivity contribution is 5.95. The first-order valence-corrected chi connectivity index (χ1v) is 10.6. The van der Waals surface area contributed by atoms with Crippen LogP contribution in [0.15, 0.2) is 24.3 Å². The molecule has 172 valence electrons. The molecule has 0 bridgehead atoms. The molecule has 31 heavy (non-hydrogen) atoms. The Hall–Kier alpha value is -2.33. The zero-order valence-electron chi connectivity index (χ0n) is 17.5. The molecule has 1 aromatic rings. The Bertz CT molecular complexity index is 728. The van der Waals surface area contributed by atoms with Gasteiger partial charge in [0.25, 0.3) is 5.91 Å². The van der Waals surface area contributed by atoms with Crippen molar-refractivity contribution in [2.45, 2.75) is 25.4 Å². The molecule has 2 aliphatic rings. The zero-order valence-corrected chi connectivity index (χ0v) is 17.5. The SMILES string of the molecule is O=C(Nc1ccc(C(=O)N2CCCC2)cc1)N1CCN(CCCOCC(F)(F)F)CC1. The number of carbonyl (C=O) groups excluding carboxylic acids is 2. The number of piperazine rings is 1. The van der Waals surface area contributed by atoms with Crippen LogP contribution in [0.1, 0.15) is 29.6 Å². The molecule has 2 aliphatic heterocycles. The molecule has 0 saturated carbocycles. The molecule has 7 nitrogen and oxygen atoms in total. The molecule has 0 spiro atoms. The number of likely N-dealkylation sites (tertiary alicyclic amines) is 1. The molecule has 1 aromatic carbocycles. The van der Waals surface area contributed by atoms with Gasteiger partial charge in [-0.3, -0.25) is 9.69 Å². The molecule has 0 radical (unpaired) electrons. The topological polar surface area (TPSA) is 65.1 Å². The molecule has 1 N–H and O–H groups in total. The van der Waals surface area contributed by atoms with Crippen molar-refractivity contribution >= 4 is 17.6 Å². The number of amides is 3. The fourth-order valence-electron chi connectivity index (χ4n) is 3.75. The van der Waals surface area contributed by atoms with Crippen LogP contribution in [-0.4, -0.2) is 91.8 Å². The van der Waals surface area contributed by atoms with Crippen molar-refractivity contribution in [2.24, 2.45) is 0 Å². The molecule has 0 unspecified atom stereocenters. The van der Waals surface area contributed by atoms with E-state index in [0.717, 1.165) is 25.9 Å². The number of anilines is 1. The maximum atomic E-state index is 12.5. The minimum atomic E-state index is -4.29. The van der Waals surface area contributed by atoms with Crippen LogP contribution in [0.25, 0.3) is 0 Å². The third-order valence-electron chi connectivity index (χ3n) is 5.46. The number of rotatable bonds is 7. The first-order valence-electron chi connectivity index (χ1n) is 10.6. The highest BCUT2D eigenvalue weighted by Crippen LogP contribution is 2.17. The lowest BCUT2D eigenvalue weighted by molar-refractivity contribution is -0.174. The number of carbonyl (C=O) groups is 2. The first-order chi connectivity index (χ1) is 14.8. The van der Waals surface area contributed by atoms with E-state index in [2.05, 4.69) is 15.0 Å². The summed E-state index contributed by atoms with van der Waals surface area (Å²) in [7, 11) is 0. The number of halogens is 3. The van der Waals surface area contributed by atoms with Crippen LogP contribution in [0, 0.1) is 0 Å². The summed E-state index contributed by atoms with van der Waals surface area (Å²) in [6.07, 6.45) is -1.69. The second-order valence-corrected chi connectivity index (χ2v) is 7.86. The molecule has 0 atom stereocenters. The number of ether oxygens (including phenoxy) is 1. The van der Waals surface area contributed by atoms with E-state index in [1.54, 1.807) is 29.2 Å². The van der Waals surface area contributed by atoms with Crippen molar-refractivity contribution in [1.82, 2.24) is 14.7 Å². The van der Waals surface area contributed by atoms with Gasteiger partial charge in [0, 0.05) is 63.7 Å². The van der Waals surface area contributed by atoms with Gasteiger partial charge in [0.1, 0.15) is 6.61 Å². The van der Waals surface area contributed by atoms with Crippen molar-refractivity contribution in [2.75, 3.05) is 64.3 Å². The average molecular weight is 442 g/mol. The predicted molar refractivity (Wildman–Crippen MR) is 110 cm³/mol. The number of urea groups is 1. The summed E-state index contributed by atoms with van der Waals surface area (Å²) in [5.41, 5.74) is 1.25. The number of hydrogen-bond acceptors (Lipinski definition) is 4. The van der Waals surface area contributed by atoms with Crippen LogP contribution in [0.3, 0.4) is 0 Å². The molecule has 0 aromatic heterocycles. The van der Waals surface area contributed by atoms with Crippen molar-refractivity contribution < 1.29 is 27.5 Å². The molecule has 2 saturated heterocycles. The van der Waals surface area contributed by atoms with Crippen molar-refractivity contribution in [3.8, 4) is 0 Å². The fourth-order valence-corrected chi connectivity index (χ4v) is 3.75. The van der Waals surface area contributed by atoms with Gasteiger partial charge in [-0.05, 0) is 43.5 Å². The van der Waals surface area contributed by atoms with Gasteiger partial charge in [-0.1, -0.05) is 0 Å². The van der Waals surface area contributed by atoms with E-state index in [9.17, 15) is 22.8 Å². The monoisotopic (exact) mass is 442 g/mol. The Morgan fingerprint density at radius 3 is 2.19 bits per heavy atom. The summed E-state index contributed by atoms with van der Waals surface area (Å²) in [5.74, 6) is 0.0234. The third-order valence-corrected chi connectivity index (χ3v) is 5.46. The van der Waals surface area contributed by atoms with Crippen molar-refractivity contribution in [3.05, 3.63) is 29.8 Å². The van der Waals surface area contributed by atoms with Gasteiger partial charge in [-0.2, -0.15) is 13.2 Å². The van der Waals surface area contributed by atoms with Gasteiger partial charge < -0.3 is 19.9 Å². The van der Waals surface area contributed by atoms with Gasteiger partial charge in [0.2, 0.25) is 0 Å². The summed E-state index contributed by atoms with van der Waals surface area (Å²) in [6.45, 7) is 3.49. The van der Waals surface area contributed by atoms with E-state index in [1.807, 2.05) is 4.90 Å². The Morgan fingerprint density at radius 2 is 1.58 bits per heavy atom. The highest BCUT2D eigenvalue weighted by Gasteiger charge is 2.27. The third kappa shape index (κ3) is 7.39. The normalized spacial score (nSPS) is 17.8. The largest absolute Gasteiger partial charge is 0.411 e. The Kier molecular flexibility index (Phi) is 8.14. The van der Waals surface area contributed by atoms with Crippen LogP contribution in [0.2, 0.25) is 0 Å². The number of nitrogens with zero attached hydrogens (tertiary/aromatic N) is 3. The molecule has 3 rings (SSSR count). The molecular formula is C21H29F3N4O3. The second-order valence-electron chi connectivity index (χ2n) is 7.86. The average Bonchev–Trinajstić information content (AvgIpc) is 3.28. The minimum absolute atomic E-state index is 0.0234. The maximum absolute atomic E-state index is 12.5. The van der Waals surface area contributed by atoms with E-state index in [1.165, 1.54) is 0 Å². The lowest BCUT2D eigenvalue weighted by atomic mass is 10.2. The van der Waals surface area contributed by atoms with Gasteiger partial charge in [-0.15, -0.1) is 0 Å². The Morgan fingerprint density at radius 1 is 0.935 bits per heavy atom. The van der Waals surface area contributed by atoms with Crippen molar-refractivity contribution in [3.63, 3.8) is 0 Å². The number of hydrogen-bond donors (Lipinski definition) is 1. The van der Waals surface area contributed by atoms with E-state index < -0.39 is 12.8 Å². The standard InChI is InChI=1S/C21H29F3N4O3/c22-21(23,24)16-31-15-3-8-26-11-13-28(14-12-26)20(30)25-18-6-4-17(5-7-18)19(29)27-9-1-2-10-27/h4-7H,1-3,8-16H2,(H,25,30). The lowest BCUT2D eigenvalue weighted by Crippen LogP contribution is -2.50. The molecular weight excluding hydrogens is 413 g/mol. The van der Waals surface area contributed by atoms with Crippen LogP contribution in [0.5, 0.6) is 0 Å². The zero-order chi connectivity index (χ0) is 22.3. The van der Waals surface area contributed by atoms with E-state index >= 15 is 0 Å². The quantitative estimate of drug-likeness (QED) is 0.660. The van der Waals surface area contributed by atoms with Crippen LogP contribution < -0.4 is 5.32 Å². The number of alkyl halides is 3. The summed E-state index contributed by atoms with van der Waals surface area (Å²) >= 11 is 0. The second kappa shape index (κ2) is 10.8. The highest BCUT2D eigenvalue weighted by atomic mass is 19.4. The maximum Gasteiger partial charge on any atom is 0.411 e. The van der Waals surface area contributed by atoms with Gasteiger partial charge in [0.15, 0.2) is 0 Å². The first kappa shape index (κ1) is 23.3. The van der Waals surface area contributed by atoms with Gasteiger partial charge in [-0.25, -0.2) is 4.79 Å². The van der Waals surface area contributed by atoms with Crippen molar-refractivity contribution in [1.29, 1.82) is 0 Å². The molecule has 2 fully saturated rings.